The number of hydrogen-bond donors (Lipinski definition) is 0. The Bertz CT molecular complexity index is 794. The summed E-state index contributed by atoms with van der Waals surface area (Å²) in [5.74, 6) is 1.32. The van der Waals surface area contributed by atoms with Gasteiger partial charge < -0.3 is 0 Å². The molecule has 0 spiro atoms. The maximum atomic E-state index is 6.35. The zero-order valence-corrected chi connectivity index (χ0v) is 14.6. The first-order valence-corrected chi connectivity index (χ1v) is 8.37. The van der Waals surface area contributed by atoms with Gasteiger partial charge in [0.15, 0.2) is 0 Å². The number of alkyl halides is 1. The molecule has 0 bridgehead atoms. The van der Waals surface area contributed by atoms with Gasteiger partial charge in [0.2, 0.25) is 0 Å². The van der Waals surface area contributed by atoms with Crippen molar-refractivity contribution in [3.05, 3.63) is 56.7 Å². The van der Waals surface area contributed by atoms with Crippen molar-refractivity contribution in [3.8, 4) is 5.69 Å². The summed E-state index contributed by atoms with van der Waals surface area (Å²) in [6.45, 7) is 0. The summed E-state index contributed by atoms with van der Waals surface area (Å²) in [5, 5.41) is 1.17. The van der Waals surface area contributed by atoms with Crippen molar-refractivity contribution in [2.75, 3.05) is 5.88 Å². The fourth-order valence-electron chi connectivity index (χ4n) is 2.31. The molecule has 0 amide bonds. The van der Waals surface area contributed by atoms with E-state index in [0.717, 1.165) is 27.0 Å². The molecule has 1 aromatic heterocycles. The lowest BCUT2D eigenvalue weighted by atomic mass is 10.2. The summed E-state index contributed by atoms with van der Waals surface area (Å²) in [4.78, 5) is 4.65. The van der Waals surface area contributed by atoms with E-state index >= 15 is 0 Å². The van der Waals surface area contributed by atoms with Gasteiger partial charge in [0.05, 0.1) is 26.8 Å². The lowest BCUT2D eigenvalue weighted by molar-refractivity contribution is 0.912. The Balaban J connectivity index is 2.36. The molecule has 21 heavy (non-hydrogen) atoms. The third-order valence-electron chi connectivity index (χ3n) is 3.17. The molecule has 108 valence electrons. The zero-order valence-electron chi connectivity index (χ0n) is 10.8. The smallest absolute Gasteiger partial charge is 0.115 e. The van der Waals surface area contributed by atoms with E-state index in [1.165, 1.54) is 0 Å². The summed E-state index contributed by atoms with van der Waals surface area (Å²) in [6.07, 6.45) is 0.634. The molecule has 1 heterocycles. The van der Waals surface area contributed by atoms with Gasteiger partial charge >= 0.3 is 0 Å². The van der Waals surface area contributed by atoms with E-state index in [1.807, 2.05) is 41.0 Å². The molecule has 3 rings (SSSR count). The summed E-state index contributed by atoms with van der Waals surface area (Å²) in [7, 11) is 0. The third kappa shape index (κ3) is 2.80. The average Bonchev–Trinajstić information content (AvgIpc) is 2.77. The summed E-state index contributed by atoms with van der Waals surface area (Å²) < 4.78 is 2.96. The number of hydrogen-bond acceptors (Lipinski definition) is 1. The maximum Gasteiger partial charge on any atom is 0.115 e. The number of benzene rings is 2. The minimum Gasteiger partial charge on any atom is -0.293 e. The molecule has 0 aliphatic carbocycles. The van der Waals surface area contributed by atoms with Crippen LogP contribution in [0.25, 0.3) is 16.7 Å². The first kappa shape index (κ1) is 15.2. The van der Waals surface area contributed by atoms with E-state index in [-0.39, 0.29) is 0 Å². The molecule has 3 aromatic rings. The molecule has 2 nitrogen and oxygen atoms in total. The predicted octanol–water partition coefficient (Wildman–Crippen LogP) is 5.88. The van der Waals surface area contributed by atoms with Gasteiger partial charge in [-0.1, -0.05) is 45.2 Å². The second kappa shape index (κ2) is 6.17. The second-order valence-corrected chi connectivity index (χ2v) is 6.61. The Morgan fingerprint density at radius 2 is 1.81 bits per heavy atom. The van der Waals surface area contributed by atoms with E-state index in [1.54, 1.807) is 0 Å². The highest BCUT2D eigenvalue weighted by Gasteiger charge is 2.17. The highest BCUT2D eigenvalue weighted by molar-refractivity contribution is 9.10. The van der Waals surface area contributed by atoms with E-state index in [0.29, 0.717) is 22.3 Å². The SMILES string of the molecule is ClCCc1nc2cc(Br)ccc2n1-c1c(Cl)cccc1Cl. The molecule has 0 aliphatic heterocycles. The van der Waals surface area contributed by atoms with Gasteiger partial charge in [0.25, 0.3) is 0 Å². The minimum absolute atomic E-state index is 0.479. The van der Waals surface area contributed by atoms with Crippen LogP contribution in [0.5, 0.6) is 0 Å². The highest BCUT2D eigenvalue weighted by atomic mass is 79.9. The van der Waals surface area contributed by atoms with Crippen LogP contribution in [-0.4, -0.2) is 15.4 Å². The van der Waals surface area contributed by atoms with Crippen molar-refractivity contribution in [2.24, 2.45) is 0 Å². The number of fused-ring (bicyclic) bond motifs is 1. The van der Waals surface area contributed by atoms with Crippen LogP contribution in [0.4, 0.5) is 0 Å². The van der Waals surface area contributed by atoms with Gasteiger partial charge in [-0.25, -0.2) is 4.98 Å². The summed E-state index contributed by atoms with van der Waals surface area (Å²) in [5.41, 5.74) is 2.57. The second-order valence-electron chi connectivity index (χ2n) is 4.51. The van der Waals surface area contributed by atoms with Gasteiger partial charge in [-0.15, -0.1) is 11.6 Å². The Morgan fingerprint density at radius 3 is 2.48 bits per heavy atom. The molecule has 0 N–H and O–H groups in total. The van der Waals surface area contributed by atoms with Crippen LogP contribution in [0.2, 0.25) is 10.0 Å². The van der Waals surface area contributed by atoms with Crippen LogP contribution in [0.15, 0.2) is 40.9 Å². The Labute approximate surface area is 145 Å². The molecule has 0 fully saturated rings. The molecule has 0 atom stereocenters. The fourth-order valence-corrected chi connectivity index (χ4v) is 3.39. The average molecular weight is 405 g/mol. The lowest BCUT2D eigenvalue weighted by Crippen LogP contribution is -2.03. The molecule has 6 heteroatoms. The standard InChI is InChI=1S/C15H10BrCl3N2/c16-9-4-5-13-12(8-9)20-14(6-7-17)21(13)15-10(18)2-1-3-11(15)19/h1-5,8H,6-7H2. The van der Waals surface area contributed by atoms with Crippen LogP contribution in [0.1, 0.15) is 5.82 Å². The monoisotopic (exact) mass is 402 g/mol. The number of nitrogens with zero attached hydrogens (tertiary/aromatic N) is 2. The number of rotatable bonds is 3. The first-order valence-electron chi connectivity index (χ1n) is 6.29. The maximum absolute atomic E-state index is 6.35. The van der Waals surface area contributed by atoms with Crippen molar-refractivity contribution in [2.45, 2.75) is 6.42 Å². The fraction of sp³-hybridized carbons (Fsp3) is 0.133. The van der Waals surface area contributed by atoms with Crippen molar-refractivity contribution in [1.82, 2.24) is 9.55 Å². The number of imidazole rings is 1. The molecule has 0 saturated heterocycles. The molecule has 0 saturated carbocycles. The topological polar surface area (TPSA) is 17.8 Å². The van der Waals surface area contributed by atoms with Crippen LogP contribution in [-0.2, 0) is 6.42 Å². The van der Waals surface area contributed by atoms with Crippen LogP contribution < -0.4 is 0 Å². The summed E-state index contributed by atoms with van der Waals surface area (Å²) >= 11 is 22.1. The molecular weight excluding hydrogens is 394 g/mol. The highest BCUT2D eigenvalue weighted by Crippen LogP contribution is 2.33. The molecule has 0 radical (unpaired) electrons. The van der Waals surface area contributed by atoms with Gasteiger partial charge in [-0.2, -0.15) is 0 Å². The van der Waals surface area contributed by atoms with Gasteiger partial charge in [0.1, 0.15) is 5.82 Å². The largest absolute Gasteiger partial charge is 0.293 e. The molecule has 2 aromatic carbocycles. The number of para-hydroxylation sites is 1. The van der Waals surface area contributed by atoms with Crippen molar-refractivity contribution >= 4 is 61.8 Å². The third-order valence-corrected chi connectivity index (χ3v) is 4.46. The molecular formula is C15H10BrCl3N2. The van der Waals surface area contributed by atoms with Crippen molar-refractivity contribution in [1.29, 1.82) is 0 Å². The Hall–Kier alpha value is -0.740. The quantitative estimate of drug-likeness (QED) is 0.499. The predicted molar refractivity (Wildman–Crippen MR) is 93.2 cm³/mol. The minimum atomic E-state index is 0.479. The van der Waals surface area contributed by atoms with Crippen molar-refractivity contribution < 1.29 is 0 Å². The van der Waals surface area contributed by atoms with E-state index in [9.17, 15) is 0 Å². The van der Waals surface area contributed by atoms with Crippen LogP contribution >= 0.6 is 50.7 Å². The summed E-state index contributed by atoms with van der Waals surface area (Å²) in [6, 6.07) is 11.4. The van der Waals surface area contributed by atoms with E-state index in [4.69, 9.17) is 34.8 Å². The number of halogens is 4. The van der Waals surface area contributed by atoms with Crippen LogP contribution in [0, 0.1) is 0 Å². The first-order chi connectivity index (χ1) is 10.1. The number of aromatic nitrogens is 2. The van der Waals surface area contributed by atoms with Gasteiger partial charge in [-0.3, -0.25) is 4.57 Å². The van der Waals surface area contributed by atoms with E-state index in [2.05, 4.69) is 20.9 Å². The van der Waals surface area contributed by atoms with Gasteiger partial charge in [-0.05, 0) is 30.3 Å². The van der Waals surface area contributed by atoms with Gasteiger partial charge in [0, 0.05) is 16.8 Å². The van der Waals surface area contributed by atoms with Crippen LogP contribution in [0.3, 0.4) is 0 Å². The Morgan fingerprint density at radius 1 is 1.10 bits per heavy atom. The lowest BCUT2D eigenvalue weighted by Gasteiger charge is -2.12. The normalized spacial score (nSPS) is 11.2. The van der Waals surface area contributed by atoms with Crippen molar-refractivity contribution in [3.63, 3.8) is 0 Å². The number of aryl methyl sites for hydroxylation is 1. The molecule has 0 aliphatic rings. The van der Waals surface area contributed by atoms with E-state index < -0.39 is 0 Å². The molecule has 0 unspecified atom stereocenters. The Kier molecular flexibility index (Phi) is 4.46. The zero-order chi connectivity index (χ0) is 15.0.